The van der Waals surface area contributed by atoms with Crippen LogP contribution in [0.15, 0.2) is 53.5 Å². The molecule has 102 valence electrons. The average molecular weight is 308 g/mol. The van der Waals surface area contributed by atoms with Crippen LogP contribution in [-0.2, 0) is 0 Å². The summed E-state index contributed by atoms with van der Waals surface area (Å²) in [4.78, 5) is 15.9. The number of carbonyl (C=O) groups excluding carboxylic acids is 1. The van der Waals surface area contributed by atoms with E-state index in [1.165, 1.54) is 0 Å². The van der Waals surface area contributed by atoms with Gasteiger partial charge in [-0.15, -0.1) is 0 Å². The number of aliphatic imine (C=N–C) groups is 1. The third-order valence-corrected chi connectivity index (χ3v) is 3.06. The van der Waals surface area contributed by atoms with Crippen molar-refractivity contribution in [3.8, 4) is 0 Å². The maximum Gasteiger partial charge on any atom is 0.257 e. The molecule has 0 aliphatic carbocycles. The van der Waals surface area contributed by atoms with E-state index in [4.69, 9.17) is 28.9 Å². The Bertz CT molecular complexity index is 636. The molecule has 0 saturated heterocycles. The number of rotatable bonds is 2. The maximum absolute atomic E-state index is 11.9. The zero-order valence-corrected chi connectivity index (χ0v) is 11.8. The van der Waals surface area contributed by atoms with Gasteiger partial charge in [0, 0.05) is 5.56 Å². The number of nitrogens with two attached hydrogens (primary N) is 1. The van der Waals surface area contributed by atoms with Crippen LogP contribution in [0.5, 0.6) is 0 Å². The van der Waals surface area contributed by atoms with Gasteiger partial charge in [0.15, 0.2) is 0 Å². The summed E-state index contributed by atoms with van der Waals surface area (Å²) in [6.45, 7) is 0. The van der Waals surface area contributed by atoms with Gasteiger partial charge in [-0.25, -0.2) is 4.99 Å². The van der Waals surface area contributed by atoms with Crippen LogP contribution >= 0.6 is 23.2 Å². The molecule has 0 aromatic heterocycles. The second-order valence-corrected chi connectivity index (χ2v) is 4.70. The first-order chi connectivity index (χ1) is 9.58. The van der Waals surface area contributed by atoms with Crippen LogP contribution in [0.1, 0.15) is 10.4 Å². The van der Waals surface area contributed by atoms with Crippen LogP contribution in [0.2, 0.25) is 10.0 Å². The molecule has 2 aromatic rings. The Hall–Kier alpha value is -2.04. The van der Waals surface area contributed by atoms with E-state index in [1.54, 1.807) is 42.5 Å². The van der Waals surface area contributed by atoms with Crippen molar-refractivity contribution in [1.82, 2.24) is 5.32 Å². The molecule has 6 heteroatoms. The molecule has 0 unspecified atom stereocenters. The molecule has 0 radical (unpaired) electrons. The summed E-state index contributed by atoms with van der Waals surface area (Å²) in [6, 6.07) is 13.6. The monoisotopic (exact) mass is 307 g/mol. The number of guanidine groups is 1. The number of halogens is 2. The minimum Gasteiger partial charge on any atom is -0.369 e. The third-order valence-electron chi connectivity index (χ3n) is 2.45. The number of para-hydroxylation sites is 1. The summed E-state index contributed by atoms with van der Waals surface area (Å²) in [7, 11) is 0. The van der Waals surface area contributed by atoms with E-state index in [0.29, 0.717) is 21.3 Å². The van der Waals surface area contributed by atoms with Gasteiger partial charge in [-0.05, 0) is 24.3 Å². The largest absolute Gasteiger partial charge is 0.369 e. The number of amides is 1. The van der Waals surface area contributed by atoms with E-state index in [-0.39, 0.29) is 11.9 Å². The number of nitrogens with zero attached hydrogens (tertiary/aromatic N) is 1. The lowest BCUT2D eigenvalue weighted by molar-refractivity contribution is 0.0976. The smallest absolute Gasteiger partial charge is 0.257 e. The molecule has 2 aromatic carbocycles. The molecule has 4 nitrogen and oxygen atoms in total. The molecule has 0 bridgehead atoms. The van der Waals surface area contributed by atoms with Crippen molar-refractivity contribution in [3.05, 3.63) is 64.1 Å². The van der Waals surface area contributed by atoms with Gasteiger partial charge in [0.2, 0.25) is 5.96 Å². The van der Waals surface area contributed by atoms with Gasteiger partial charge in [0.25, 0.3) is 5.91 Å². The second-order valence-electron chi connectivity index (χ2n) is 3.89. The molecule has 1 amide bonds. The van der Waals surface area contributed by atoms with Gasteiger partial charge in [0.05, 0.1) is 10.0 Å². The first-order valence-electron chi connectivity index (χ1n) is 5.72. The summed E-state index contributed by atoms with van der Waals surface area (Å²) in [5, 5.41) is 3.18. The van der Waals surface area contributed by atoms with E-state index in [9.17, 15) is 4.79 Å². The molecule has 2 rings (SSSR count). The van der Waals surface area contributed by atoms with Crippen LogP contribution in [0, 0.1) is 0 Å². The van der Waals surface area contributed by atoms with Crippen molar-refractivity contribution in [2.75, 3.05) is 0 Å². The summed E-state index contributed by atoms with van der Waals surface area (Å²) in [5.74, 6) is -0.427. The van der Waals surface area contributed by atoms with E-state index in [2.05, 4.69) is 10.3 Å². The van der Waals surface area contributed by atoms with Crippen molar-refractivity contribution in [2.45, 2.75) is 0 Å². The minimum atomic E-state index is -0.352. The number of hydrogen-bond acceptors (Lipinski definition) is 2. The van der Waals surface area contributed by atoms with Crippen molar-refractivity contribution in [2.24, 2.45) is 10.7 Å². The van der Waals surface area contributed by atoms with Gasteiger partial charge in [-0.2, -0.15) is 0 Å². The molecule has 0 aliphatic rings. The average Bonchev–Trinajstić information content (AvgIpc) is 2.44. The lowest BCUT2D eigenvalue weighted by Gasteiger charge is -2.06. The molecule has 0 atom stereocenters. The van der Waals surface area contributed by atoms with Crippen molar-refractivity contribution < 1.29 is 4.79 Å². The normalized spacial score (nSPS) is 11.2. The number of carbonyl (C=O) groups is 1. The molecule has 0 fully saturated rings. The van der Waals surface area contributed by atoms with Gasteiger partial charge in [-0.1, -0.05) is 47.5 Å². The van der Waals surface area contributed by atoms with E-state index >= 15 is 0 Å². The van der Waals surface area contributed by atoms with Crippen molar-refractivity contribution >= 4 is 40.8 Å². The quantitative estimate of drug-likeness (QED) is 0.660. The standard InChI is InChI=1S/C14H11Cl2N3O/c15-10-7-4-8-11(16)12(10)18-14(17)19-13(20)9-5-2-1-3-6-9/h1-8H,(H3,17,18,19,20). The Morgan fingerprint density at radius 1 is 1.00 bits per heavy atom. The zero-order chi connectivity index (χ0) is 14.5. The molecule has 3 N–H and O–H groups in total. The zero-order valence-electron chi connectivity index (χ0n) is 10.3. The molecular weight excluding hydrogens is 297 g/mol. The van der Waals surface area contributed by atoms with Crippen LogP contribution in [-0.4, -0.2) is 11.9 Å². The molecular formula is C14H11Cl2N3O. The SMILES string of the molecule is NC(=Nc1c(Cl)cccc1Cl)NC(=O)c1ccccc1. The topological polar surface area (TPSA) is 67.5 Å². The highest BCUT2D eigenvalue weighted by Gasteiger charge is 2.08. The molecule has 0 aliphatic heterocycles. The van der Waals surface area contributed by atoms with Gasteiger partial charge in [0.1, 0.15) is 5.69 Å². The van der Waals surface area contributed by atoms with Gasteiger partial charge < -0.3 is 5.73 Å². The highest BCUT2D eigenvalue weighted by atomic mass is 35.5. The predicted molar refractivity (Wildman–Crippen MR) is 81.7 cm³/mol. The Labute approximate surface area is 126 Å². The lowest BCUT2D eigenvalue weighted by atomic mass is 10.2. The molecule has 20 heavy (non-hydrogen) atoms. The van der Waals surface area contributed by atoms with Crippen molar-refractivity contribution in [3.63, 3.8) is 0 Å². The third kappa shape index (κ3) is 3.50. The first kappa shape index (κ1) is 14.4. The fraction of sp³-hybridized carbons (Fsp3) is 0. The number of benzene rings is 2. The maximum atomic E-state index is 11.9. The lowest BCUT2D eigenvalue weighted by Crippen LogP contribution is -2.36. The van der Waals surface area contributed by atoms with Gasteiger partial charge in [-0.3, -0.25) is 10.1 Å². The van der Waals surface area contributed by atoms with E-state index in [1.807, 2.05) is 6.07 Å². The predicted octanol–water partition coefficient (Wildman–Crippen LogP) is 3.37. The Kier molecular flexibility index (Phi) is 4.61. The number of hydrogen-bond donors (Lipinski definition) is 2. The Morgan fingerprint density at radius 2 is 1.60 bits per heavy atom. The first-order valence-corrected chi connectivity index (χ1v) is 6.48. The van der Waals surface area contributed by atoms with E-state index < -0.39 is 0 Å². The van der Waals surface area contributed by atoms with Crippen LogP contribution in [0.3, 0.4) is 0 Å². The Morgan fingerprint density at radius 3 is 2.20 bits per heavy atom. The van der Waals surface area contributed by atoms with Gasteiger partial charge >= 0.3 is 0 Å². The van der Waals surface area contributed by atoms with Crippen LogP contribution < -0.4 is 11.1 Å². The highest BCUT2D eigenvalue weighted by Crippen LogP contribution is 2.32. The van der Waals surface area contributed by atoms with Crippen molar-refractivity contribution in [1.29, 1.82) is 0 Å². The van der Waals surface area contributed by atoms with Crippen LogP contribution in [0.25, 0.3) is 0 Å². The highest BCUT2D eigenvalue weighted by molar-refractivity contribution is 6.38. The minimum absolute atomic E-state index is 0.0751. The summed E-state index contributed by atoms with van der Waals surface area (Å²) >= 11 is 11.9. The summed E-state index contributed by atoms with van der Waals surface area (Å²) < 4.78 is 0. The molecule has 0 heterocycles. The fourth-order valence-corrected chi connectivity index (χ4v) is 2.00. The number of nitrogens with one attached hydrogen (secondary N) is 1. The second kappa shape index (κ2) is 6.41. The van der Waals surface area contributed by atoms with Crippen LogP contribution in [0.4, 0.5) is 5.69 Å². The Balaban J connectivity index is 2.18. The summed E-state index contributed by atoms with van der Waals surface area (Å²) in [6.07, 6.45) is 0. The fourth-order valence-electron chi connectivity index (χ4n) is 1.52. The summed E-state index contributed by atoms with van der Waals surface area (Å²) in [5.41, 5.74) is 6.49. The van der Waals surface area contributed by atoms with E-state index in [0.717, 1.165) is 0 Å². The molecule has 0 spiro atoms. The molecule has 0 saturated carbocycles.